The normalized spacial score (nSPS) is 19.9. The number of ether oxygens (including phenoxy) is 1. The first-order valence-corrected chi connectivity index (χ1v) is 9.51. The molecular weight excluding hydrogens is 364 g/mol. The van der Waals surface area contributed by atoms with Gasteiger partial charge >= 0.3 is 0 Å². The largest absolute Gasteiger partial charge is 0.377 e. The number of likely N-dealkylation sites (N-methyl/N-ethyl adjacent to an activating group) is 1. The van der Waals surface area contributed by atoms with Gasteiger partial charge in [-0.15, -0.1) is 11.3 Å². The van der Waals surface area contributed by atoms with Crippen LogP contribution in [0.25, 0.3) is 0 Å². The molecule has 1 N–H and O–H groups in total. The number of rotatable bonds is 6. The molecule has 1 aromatic rings. The third kappa shape index (κ3) is 3.61. The zero-order valence-corrected chi connectivity index (χ0v) is 14.8. The zero-order chi connectivity index (χ0) is 14.8. The van der Waals surface area contributed by atoms with E-state index in [4.69, 9.17) is 4.74 Å². The van der Waals surface area contributed by atoms with E-state index in [2.05, 4.69) is 21.2 Å². The maximum absolute atomic E-state index is 12.6. The number of nitrogens with zero attached hydrogens (tertiary/aromatic N) is 1. The van der Waals surface area contributed by atoms with E-state index >= 15 is 0 Å². The fourth-order valence-corrected chi connectivity index (χ4v) is 6.02. The van der Waals surface area contributed by atoms with Crippen LogP contribution in [0, 0.1) is 0 Å². The minimum absolute atomic E-state index is 0.0176. The molecule has 0 aromatic carbocycles. The molecule has 20 heavy (non-hydrogen) atoms. The Labute approximate surface area is 132 Å². The molecule has 5 nitrogen and oxygen atoms in total. The topological polar surface area (TPSA) is 58.6 Å². The van der Waals surface area contributed by atoms with Crippen molar-refractivity contribution in [2.24, 2.45) is 0 Å². The average molecular weight is 383 g/mol. The summed E-state index contributed by atoms with van der Waals surface area (Å²) >= 11 is 4.80. The Morgan fingerprint density at radius 2 is 2.35 bits per heavy atom. The Hall–Kier alpha value is 0.01000. The lowest BCUT2D eigenvalue weighted by atomic mass is 10.2. The van der Waals surface area contributed by atoms with Crippen LogP contribution < -0.4 is 5.32 Å². The predicted molar refractivity (Wildman–Crippen MR) is 83.6 cm³/mol. The van der Waals surface area contributed by atoms with Crippen LogP contribution >= 0.6 is 27.3 Å². The van der Waals surface area contributed by atoms with Crippen LogP contribution in [-0.2, 0) is 21.3 Å². The molecular formula is C12H19BrN2O3S2. The zero-order valence-electron chi connectivity index (χ0n) is 11.6. The van der Waals surface area contributed by atoms with Crippen molar-refractivity contribution in [3.05, 3.63) is 14.7 Å². The van der Waals surface area contributed by atoms with Gasteiger partial charge in [-0.05, 0) is 41.9 Å². The van der Waals surface area contributed by atoms with Crippen molar-refractivity contribution in [1.82, 2.24) is 9.62 Å². The van der Waals surface area contributed by atoms with Crippen LogP contribution in [-0.4, -0.2) is 46.1 Å². The summed E-state index contributed by atoms with van der Waals surface area (Å²) in [6.07, 6.45) is 1.95. The van der Waals surface area contributed by atoms with Crippen molar-refractivity contribution in [2.45, 2.75) is 30.4 Å². The molecule has 8 heteroatoms. The average Bonchev–Trinajstić information content (AvgIpc) is 2.99. The van der Waals surface area contributed by atoms with Crippen molar-refractivity contribution in [1.29, 1.82) is 0 Å². The van der Waals surface area contributed by atoms with Gasteiger partial charge in [-0.3, -0.25) is 0 Å². The first-order valence-electron chi connectivity index (χ1n) is 6.46. The molecule has 1 aliphatic heterocycles. The first-order chi connectivity index (χ1) is 9.45. The highest BCUT2D eigenvalue weighted by molar-refractivity contribution is 9.11. The van der Waals surface area contributed by atoms with Crippen molar-refractivity contribution in [2.75, 3.05) is 27.2 Å². The quantitative estimate of drug-likeness (QED) is 0.817. The third-order valence-corrected chi connectivity index (χ3v) is 7.31. The molecule has 1 aromatic heterocycles. The van der Waals surface area contributed by atoms with Gasteiger partial charge < -0.3 is 10.1 Å². The van der Waals surface area contributed by atoms with Crippen LogP contribution in [0.1, 0.15) is 17.7 Å². The van der Waals surface area contributed by atoms with Crippen molar-refractivity contribution in [3.8, 4) is 0 Å². The monoisotopic (exact) mass is 382 g/mol. The second kappa shape index (κ2) is 6.85. The van der Waals surface area contributed by atoms with Gasteiger partial charge in [0.25, 0.3) is 0 Å². The SMILES string of the molecule is CNCc1cc(S(=O)(=O)N(C)CC2CCCO2)c(Br)s1. The molecule has 2 rings (SSSR count). The molecule has 0 aliphatic carbocycles. The van der Waals surface area contributed by atoms with Gasteiger partial charge in [0.05, 0.1) is 9.89 Å². The summed E-state index contributed by atoms with van der Waals surface area (Å²) in [4.78, 5) is 1.33. The highest BCUT2D eigenvalue weighted by Gasteiger charge is 2.28. The fraction of sp³-hybridized carbons (Fsp3) is 0.667. The fourth-order valence-electron chi connectivity index (χ4n) is 2.18. The summed E-state index contributed by atoms with van der Waals surface area (Å²) in [6.45, 7) is 1.80. The third-order valence-electron chi connectivity index (χ3n) is 3.23. The highest BCUT2D eigenvalue weighted by Crippen LogP contribution is 2.33. The molecule has 0 bridgehead atoms. The first kappa shape index (κ1) is 16.4. The number of thiophene rings is 1. The number of sulfonamides is 1. The van der Waals surface area contributed by atoms with E-state index in [1.165, 1.54) is 15.6 Å². The maximum atomic E-state index is 12.6. The highest BCUT2D eigenvalue weighted by atomic mass is 79.9. The Morgan fingerprint density at radius 3 is 2.95 bits per heavy atom. The molecule has 0 amide bonds. The summed E-state index contributed by atoms with van der Waals surface area (Å²) in [6, 6.07) is 1.73. The van der Waals surface area contributed by atoms with Gasteiger partial charge in [-0.2, -0.15) is 4.31 Å². The number of halogens is 1. The molecule has 0 saturated carbocycles. The Kier molecular flexibility index (Phi) is 5.61. The van der Waals surface area contributed by atoms with E-state index in [0.29, 0.717) is 21.8 Å². The van der Waals surface area contributed by atoms with Crippen molar-refractivity contribution < 1.29 is 13.2 Å². The van der Waals surface area contributed by atoms with Crippen LogP contribution in [0.2, 0.25) is 0 Å². The molecule has 0 spiro atoms. The maximum Gasteiger partial charge on any atom is 0.244 e. The summed E-state index contributed by atoms with van der Waals surface area (Å²) in [7, 11) is -0.0169. The van der Waals surface area contributed by atoms with Gasteiger partial charge in [0, 0.05) is 31.6 Å². The lowest BCUT2D eigenvalue weighted by Crippen LogP contribution is -2.34. The van der Waals surface area contributed by atoms with Gasteiger partial charge in [0.2, 0.25) is 10.0 Å². The van der Waals surface area contributed by atoms with Crippen LogP contribution in [0.15, 0.2) is 14.7 Å². The lowest BCUT2D eigenvalue weighted by molar-refractivity contribution is 0.0979. The summed E-state index contributed by atoms with van der Waals surface area (Å²) in [5.41, 5.74) is 0. The van der Waals surface area contributed by atoms with Gasteiger partial charge in [-0.25, -0.2) is 8.42 Å². The lowest BCUT2D eigenvalue weighted by Gasteiger charge is -2.20. The van der Waals surface area contributed by atoms with Crippen LogP contribution in [0.5, 0.6) is 0 Å². The Morgan fingerprint density at radius 1 is 1.60 bits per heavy atom. The summed E-state index contributed by atoms with van der Waals surface area (Å²) < 4.78 is 32.7. The van der Waals surface area contributed by atoms with E-state index in [1.54, 1.807) is 13.1 Å². The van der Waals surface area contributed by atoms with E-state index < -0.39 is 10.0 Å². The molecule has 2 heterocycles. The number of hydrogen-bond donors (Lipinski definition) is 1. The number of nitrogens with one attached hydrogen (secondary N) is 1. The second-order valence-corrected chi connectivity index (χ2v) is 9.27. The standard InChI is InChI=1S/C12H19BrN2O3S2/c1-14-7-10-6-11(12(13)19-10)20(16,17)15(2)8-9-4-3-5-18-9/h6,9,14H,3-5,7-8H2,1-2H3. The summed E-state index contributed by atoms with van der Waals surface area (Å²) in [5, 5.41) is 3.03. The second-order valence-electron chi connectivity index (χ2n) is 4.80. The van der Waals surface area contributed by atoms with Gasteiger partial charge in [0.1, 0.15) is 4.90 Å². The molecule has 1 aliphatic rings. The molecule has 1 saturated heterocycles. The molecule has 1 fully saturated rings. The Bertz CT molecular complexity index is 553. The van der Waals surface area contributed by atoms with Crippen molar-refractivity contribution in [3.63, 3.8) is 0 Å². The van der Waals surface area contributed by atoms with Gasteiger partial charge in [-0.1, -0.05) is 0 Å². The Balaban J connectivity index is 2.15. The van der Waals surface area contributed by atoms with E-state index in [0.717, 1.165) is 24.3 Å². The minimum Gasteiger partial charge on any atom is -0.377 e. The van der Waals surface area contributed by atoms with E-state index in [-0.39, 0.29) is 6.10 Å². The summed E-state index contributed by atoms with van der Waals surface area (Å²) in [5.74, 6) is 0. The predicted octanol–water partition coefficient (Wildman–Crippen LogP) is 2.03. The van der Waals surface area contributed by atoms with Crippen LogP contribution in [0.3, 0.4) is 0 Å². The minimum atomic E-state index is -3.47. The van der Waals surface area contributed by atoms with Crippen LogP contribution in [0.4, 0.5) is 0 Å². The number of hydrogen-bond acceptors (Lipinski definition) is 5. The molecule has 1 atom stereocenters. The van der Waals surface area contributed by atoms with Crippen molar-refractivity contribution >= 4 is 37.3 Å². The molecule has 0 radical (unpaired) electrons. The molecule has 114 valence electrons. The van der Waals surface area contributed by atoms with E-state index in [1.807, 2.05) is 7.05 Å². The van der Waals surface area contributed by atoms with Gasteiger partial charge in [0.15, 0.2) is 0 Å². The van der Waals surface area contributed by atoms with E-state index in [9.17, 15) is 8.42 Å². The smallest absolute Gasteiger partial charge is 0.244 e. The molecule has 1 unspecified atom stereocenters.